The summed E-state index contributed by atoms with van der Waals surface area (Å²) >= 11 is 0. The van der Waals surface area contributed by atoms with Gasteiger partial charge in [0.05, 0.1) is 18.2 Å². The molecule has 90 valence electrons. The van der Waals surface area contributed by atoms with E-state index in [1.165, 1.54) is 0 Å². The summed E-state index contributed by atoms with van der Waals surface area (Å²) in [5.41, 5.74) is 5.15. The molecule has 4 nitrogen and oxygen atoms in total. The Kier molecular flexibility index (Phi) is 5.83. The van der Waals surface area contributed by atoms with Crippen LogP contribution in [-0.4, -0.2) is 29.2 Å². The van der Waals surface area contributed by atoms with E-state index in [0.717, 1.165) is 0 Å². The summed E-state index contributed by atoms with van der Waals surface area (Å²) in [6.45, 7) is 7.65. The van der Waals surface area contributed by atoms with Crippen LogP contribution in [0.5, 0.6) is 0 Å². The fraction of sp³-hybridized carbons (Fsp3) is 0.909. The smallest absolute Gasteiger partial charge is 0.240 e. The first-order chi connectivity index (χ1) is 6.91. The molecule has 0 aliphatic carbocycles. The molecule has 0 radical (unpaired) electrons. The van der Waals surface area contributed by atoms with Crippen molar-refractivity contribution in [3.8, 4) is 0 Å². The average Bonchev–Trinajstić information content (AvgIpc) is 2.23. The Morgan fingerprint density at radius 2 is 1.87 bits per heavy atom. The van der Waals surface area contributed by atoms with Gasteiger partial charge in [-0.15, -0.1) is 0 Å². The lowest BCUT2D eigenvalue weighted by Gasteiger charge is -2.29. The fourth-order valence-corrected chi connectivity index (χ4v) is 1.31. The number of aliphatic hydroxyl groups is 1. The summed E-state index contributed by atoms with van der Waals surface area (Å²) in [5.74, 6) is 0.0390. The molecule has 15 heavy (non-hydrogen) atoms. The van der Waals surface area contributed by atoms with E-state index in [1.807, 2.05) is 27.7 Å². The van der Waals surface area contributed by atoms with Gasteiger partial charge in [-0.2, -0.15) is 0 Å². The lowest BCUT2D eigenvalue weighted by Crippen LogP contribution is -2.57. The lowest BCUT2D eigenvalue weighted by atomic mass is 9.92. The van der Waals surface area contributed by atoms with Crippen LogP contribution in [0.3, 0.4) is 0 Å². The molecule has 1 atom stereocenters. The van der Waals surface area contributed by atoms with Crippen LogP contribution < -0.4 is 11.1 Å². The summed E-state index contributed by atoms with van der Waals surface area (Å²) in [6, 6.07) is -0.210. The predicted octanol–water partition coefficient (Wildman–Crippen LogP) is 0.637. The van der Waals surface area contributed by atoms with Crippen molar-refractivity contribution in [2.24, 2.45) is 11.7 Å². The highest BCUT2D eigenvalue weighted by Gasteiger charge is 2.31. The van der Waals surface area contributed by atoms with Crippen molar-refractivity contribution >= 4 is 5.91 Å². The van der Waals surface area contributed by atoms with Crippen LogP contribution in [0.25, 0.3) is 0 Å². The van der Waals surface area contributed by atoms with Crippen LogP contribution in [0.2, 0.25) is 0 Å². The number of rotatable bonds is 6. The third-order valence-corrected chi connectivity index (χ3v) is 3.03. The van der Waals surface area contributed by atoms with Crippen molar-refractivity contribution < 1.29 is 9.90 Å². The lowest BCUT2D eigenvalue weighted by molar-refractivity contribution is -0.128. The molecule has 0 fully saturated rings. The zero-order valence-electron chi connectivity index (χ0n) is 10.2. The van der Waals surface area contributed by atoms with Gasteiger partial charge in [0, 0.05) is 0 Å². The first-order valence-electron chi connectivity index (χ1n) is 5.62. The Morgan fingerprint density at radius 1 is 1.40 bits per heavy atom. The average molecular weight is 216 g/mol. The fourth-order valence-electron chi connectivity index (χ4n) is 1.31. The minimum atomic E-state index is -0.803. The zero-order valence-corrected chi connectivity index (χ0v) is 10.2. The van der Waals surface area contributed by atoms with Gasteiger partial charge in [0.15, 0.2) is 0 Å². The largest absolute Gasteiger partial charge is 0.394 e. The van der Waals surface area contributed by atoms with Crippen LogP contribution in [0, 0.1) is 5.92 Å². The van der Waals surface area contributed by atoms with Crippen molar-refractivity contribution in [1.82, 2.24) is 5.32 Å². The summed E-state index contributed by atoms with van der Waals surface area (Å²) in [4.78, 5) is 11.9. The van der Waals surface area contributed by atoms with Gasteiger partial charge in [-0.05, 0) is 18.8 Å². The summed E-state index contributed by atoms with van der Waals surface area (Å²) in [5, 5.41) is 11.9. The molecule has 0 rings (SSSR count). The van der Waals surface area contributed by atoms with Crippen LogP contribution in [-0.2, 0) is 4.79 Å². The molecule has 0 bridgehead atoms. The Morgan fingerprint density at radius 3 is 2.13 bits per heavy atom. The Labute approximate surface area is 92.2 Å². The standard InChI is InChI=1S/C11H24N2O2/c1-5-11(12,6-2)10(15)13-9(7-14)8(3)4/h8-9,14H,5-7,12H2,1-4H3,(H,13,15)/t9-/m1/s1. The summed E-state index contributed by atoms with van der Waals surface area (Å²) < 4.78 is 0. The second-order valence-corrected chi connectivity index (χ2v) is 4.37. The van der Waals surface area contributed by atoms with E-state index in [2.05, 4.69) is 5.32 Å². The van der Waals surface area contributed by atoms with Gasteiger partial charge >= 0.3 is 0 Å². The molecule has 0 unspecified atom stereocenters. The van der Waals surface area contributed by atoms with Gasteiger partial charge in [-0.3, -0.25) is 4.79 Å². The topological polar surface area (TPSA) is 75.4 Å². The van der Waals surface area contributed by atoms with E-state index in [1.54, 1.807) is 0 Å². The van der Waals surface area contributed by atoms with E-state index in [9.17, 15) is 4.79 Å². The predicted molar refractivity (Wildman–Crippen MR) is 61.4 cm³/mol. The van der Waals surface area contributed by atoms with Crippen molar-refractivity contribution in [3.63, 3.8) is 0 Å². The van der Waals surface area contributed by atoms with Crippen molar-refractivity contribution in [1.29, 1.82) is 0 Å². The number of carbonyl (C=O) groups is 1. The summed E-state index contributed by atoms with van der Waals surface area (Å²) in [7, 11) is 0. The van der Waals surface area contributed by atoms with Gasteiger partial charge in [0.1, 0.15) is 0 Å². The number of carbonyl (C=O) groups excluding carboxylic acids is 1. The van der Waals surface area contributed by atoms with E-state index in [0.29, 0.717) is 12.8 Å². The maximum atomic E-state index is 11.9. The highest BCUT2D eigenvalue weighted by atomic mass is 16.3. The third-order valence-electron chi connectivity index (χ3n) is 3.03. The highest BCUT2D eigenvalue weighted by molar-refractivity contribution is 5.86. The first-order valence-corrected chi connectivity index (χ1v) is 5.62. The molecule has 0 aromatic rings. The molecule has 0 aromatic carbocycles. The van der Waals surface area contributed by atoms with E-state index < -0.39 is 5.54 Å². The molecular weight excluding hydrogens is 192 g/mol. The second kappa shape index (κ2) is 6.08. The summed E-state index contributed by atoms with van der Waals surface area (Å²) in [6.07, 6.45) is 1.21. The quantitative estimate of drug-likeness (QED) is 0.610. The van der Waals surface area contributed by atoms with Crippen LogP contribution >= 0.6 is 0 Å². The molecule has 0 aliphatic rings. The monoisotopic (exact) mass is 216 g/mol. The Hall–Kier alpha value is -0.610. The van der Waals surface area contributed by atoms with E-state index in [-0.39, 0.29) is 24.5 Å². The number of nitrogens with two attached hydrogens (primary N) is 1. The SMILES string of the molecule is CCC(N)(CC)C(=O)N[C@H](CO)C(C)C. The third kappa shape index (κ3) is 3.80. The molecule has 0 saturated heterocycles. The number of amides is 1. The van der Waals surface area contributed by atoms with Crippen molar-refractivity contribution in [3.05, 3.63) is 0 Å². The van der Waals surface area contributed by atoms with Crippen molar-refractivity contribution in [2.75, 3.05) is 6.61 Å². The molecule has 0 heterocycles. The maximum Gasteiger partial charge on any atom is 0.240 e. The van der Waals surface area contributed by atoms with Crippen LogP contribution in [0.4, 0.5) is 0 Å². The highest BCUT2D eigenvalue weighted by Crippen LogP contribution is 2.12. The number of aliphatic hydroxyl groups excluding tert-OH is 1. The van der Waals surface area contributed by atoms with Gasteiger partial charge < -0.3 is 16.2 Å². The van der Waals surface area contributed by atoms with Gasteiger partial charge in [-0.25, -0.2) is 0 Å². The van der Waals surface area contributed by atoms with E-state index >= 15 is 0 Å². The number of hydrogen-bond donors (Lipinski definition) is 3. The molecule has 4 N–H and O–H groups in total. The van der Waals surface area contributed by atoms with Crippen LogP contribution in [0.15, 0.2) is 0 Å². The van der Waals surface area contributed by atoms with Gasteiger partial charge in [0.25, 0.3) is 0 Å². The molecule has 0 spiro atoms. The zero-order chi connectivity index (χ0) is 12.1. The molecule has 1 amide bonds. The molecule has 0 saturated carbocycles. The Bertz CT molecular complexity index is 201. The number of nitrogens with one attached hydrogen (secondary N) is 1. The normalized spacial score (nSPS) is 14.1. The van der Waals surface area contributed by atoms with E-state index in [4.69, 9.17) is 10.8 Å². The minimum Gasteiger partial charge on any atom is -0.394 e. The van der Waals surface area contributed by atoms with Crippen molar-refractivity contribution in [2.45, 2.75) is 52.1 Å². The van der Waals surface area contributed by atoms with Gasteiger partial charge in [0.2, 0.25) is 5.91 Å². The minimum absolute atomic E-state index is 0.0487. The Balaban J connectivity index is 4.45. The maximum absolute atomic E-state index is 11.9. The molecular formula is C11H24N2O2. The van der Waals surface area contributed by atoms with Gasteiger partial charge in [-0.1, -0.05) is 27.7 Å². The first kappa shape index (κ1) is 14.4. The second-order valence-electron chi connectivity index (χ2n) is 4.37. The molecule has 0 aliphatic heterocycles. The number of hydrogen-bond acceptors (Lipinski definition) is 3. The molecule has 4 heteroatoms. The molecule has 0 aromatic heterocycles. The van der Waals surface area contributed by atoms with Crippen LogP contribution in [0.1, 0.15) is 40.5 Å².